The lowest BCUT2D eigenvalue weighted by atomic mass is 10.2. The van der Waals surface area contributed by atoms with Crippen LogP contribution in [0, 0.1) is 0 Å². The molecule has 1 amide bonds. The van der Waals surface area contributed by atoms with Crippen molar-refractivity contribution >= 4 is 17.7 Å². The molecular weight excluding hydrogens is 380 g/mol. The molecule has 0 unspecified atom stereocenters. The minimum absolute atomic E-state index is 0.193. The second kappa shape index (κ2) is 8.34. The number of benzene rings is 1. The number of hydrogen-bond donors (Lipinski definition) is 1. The van der Waals surface area contributed by atoms with E-state index in [2.05, 4.69) is 20.6 Å². The maximum Gasteiger partial charge on any atom is 0.273 e. The van der Waals surface area contributed by atoms with Gasteiger partial charge < -0.3 is 19.4 Å². The molecule has 0 radical (unpaired) electrons. The van der Waals surface area contributed by atoms with Crippen LogP contribution in [0.4, 0.5) is 0 Å². The van der Waals surface area contributed by atoms with Crippen LogP contribution in [-0.2, 0) is 13.6 Å². The van der Waals surface area contributed by atoms with E-state index >= 15 is 0 Å². The van der Waals surface area contributed by atoms with Gasteiger partial charge in [-0.05, 0) is 12.1 Å². The van der Waals surface area contributed by atoms with Gasteiger partial charge in [0.2, 0.25) is 0 Å². The summed E-state index contributed by atoms with van der Waals surface area (Å²) in [6, 6.07) is 7.54. The lowest BCUT2D eigenvalue weighted by Crippen LogP contribution is -2.33. The number of ether oxygens (including phenoxy) is 2. The normalized spacial score (nSPS) is 15.4. The van der Waals surface area contributed by atoms with E-state index in [1.165, 1.54) is 0 Å². The lowest BCUT2D eigenvalue weighted by molar-refractivity contribution is 0.0754. The van der Waals surface area contributed by atoms with Gasteiger partial charge in [0.05, 0.1) is 12.7 Å². The molecule has 0 saturated heterocycles. The minimum Gasteiger partial charge on any atom is -0.486 e. The standard InChI is InChI=1S/C18H20N6O3S/c1-23-8-6-20-18(23)28-9-7-19-17(25)14-11-24(22-21-14)10-13-12-26-15-4-2-3-5-16(15)27-13/h2-6,8,11,13H,7,9-10,12H2,1H3,(H,19,25)/t13-/m0/s1. The van der Waals surface area contributed by atoms with Crippen molar-refractivity contribution < 1.29 is 14.3 Å². The van der Waals surface area contributed by atoms with Crippen molar-refractivity contribution in [3.63, 3.8) is 0 Å². The molecule has 1 N–H and O–H groups in total. The highest BCUT2D eigenvalue weighted by Crippen LogP contribution is 2.31. The number of aromatic nitrogens is 5. The molecule has 3 aromatic rings. The molecule has 28 heavy (non-hydrogen) atoms. The van der Waals surface area contributed by atoms with Crippen LogP contribution < -0.4 is 14.8 Å². The summed E-state index contributed by atoms with van der Waals surface area (Å²) in [5.74, 6) is 1.91. The Balaban J connectivity index is 1.25. The fraction of sp³-hybridized carbons (Fsp3) is 0.333. The van der Waals surface area contributed by atoms with E-state index < -0.39 is 0 Å². The number of amides is 1. The summed E-state index contributed by atoms with van der Waals surface area (Å²) in [5, 5.41) is 11.7. The predicted octanol–water partition coefficient (Wildman–Crippen LogP) is 1.37. The number of thioether (sulfide) groups is 1. The van der Waals surface area contributed by atoms with Gasteiger partial charge in [-0.2, -0.15) is 0 Å². The van der Waals surface area contributed by atoms with Gasteiger partial charge in [0.25, 0.3) is 5.91 Å². The zero-order chi connectivity index (χ0) is 19.3. The van der Waals surface area contributed by atoms with Crippen molar-refractivity contribution in [3.8, 4) is 11.5 Å². The van der Waals surface area contributed by atoms with Gasteiger partial charge in [-0.1, -0.05) is 29.1 Å². The second-order valence-corrected chi connectivity index (χ2v) is 7.31. The first-order valence-electron chi connectivity index (χ1n) is 8.86. The third kappa shape index (κ3) is 4.28. The molecule has 0 spiro atoms. The van der Waals surface area contributed by atoms with E-state index in [0.29, 0.717) is 25.4 Å². The summed E-state index contributed by atoms with van der Waals surface area (Å²) >= 11 is 1.58. The lowest BCUT2D eigenvalue weighted by Gasteiger charge is -2.26. The molecule has 4 rings (SSSR count). The molecule has 0 aliphatic carbocycles. The number of imidazole rings is 1. The average molecular weight is 400 g/mol. The molecule has 0 saturated carbocycles. The highest BCUT2D eigenvalue weighted by molar-refractivity contribution is 7.99. The quantitative estimate of drug-likeness (QED) is 0.473. The summed E-state index contributed by atoms with van der Waals surface area (Å²) in [6.07, 6.45) is 5.06. The van der Waals surface area contributed by atoms with E-state index in [1.54, 1.807) is 28.8 Å². The summed E-state index contributed by atoms with van der Waals surface area (Å²) in [7, 11) is 1.94. The summed E-state index contributed by atoms with van der Waals surface area (Å²) in [5.41, 5.74) is 0.277. The van der Waals surface area contributed by atoms with E-state index in [1.807, 2.05) is 42.1 Å². The number of hydrogen-bond acceptors (Lipinski definition) is 7. The van der Waals surface area contributed by atoms with Crippen molar-refractivity contribution in [2.45, 2.75) is 17.8 Å². The Kier molecular flexibility index (Phi) is 5.47. The number of rotatable bonds is 7. The number of nitrogens with one attached hydrogen (secondary N) is 1. The summed E-state index contributed by atoms with van der Waals surface area (Å²) in [6.45, 7) is 1.38. The Bertz CT molecular complexity index is 956. The highest BCUT2D eigenvalue weighted by atomic mass is 32.2. The van der Waals surface area contributed by atoms with Gasteiger partial charge in [-0.3, -0.25) is 4.79 Å². The van der Waals surface area contributed by atoms with Gasteiger partial charge in [-0.15, -0.1) is 5.10 Å². The fourth-order valence-electron chi connectivity index (χ4n) is 2.74. The van der Waals surface area contributed by atoms with E-state index in [4.69, 9.17) is 9.47 Å². The Morgan fingerprint density at radius 1 is 1.36 bits per heavy atom. The number of carbonyl (C=O) groups excluding carboxylic acids is 1. The maximum atomic E-state index is 12.2. The minimum atomic E-state index is -0.252. The van der Waals surface area contributed by atoms with Crippen LogP contribution in [0.25, 0.3) is 0 Å². The molecule has 146 valence electrons. The molecule has 3 heterocycles. The van der Waals surface area contributed by atoms with Crippen LogP contribution in [0.2, 0.25) is 0 Å². The zero-order valence-corrected chi connectivity index (χ0v) is 16.1. The number of nitrogens with zero attached hydrogens (tertiary/aromatic N) is 5. The van der Waals surface area contributed by atoms with Gasteiger partial charge in [0.15, 0.2) is 28.5 Å². The smallest absolute Gasteiger partial charge is 0.273 e. The van der Waals surface area contributed by atoms with E-state index in [9.17, 15) is 4.79 Å². The third-order valence-corrected chi connectivity index (χ3v) is 5.19. The monoisotopic (exact) mass is 400 g/mol. The third-order valence-electron chi connectivity index (χ3n) is 4.13. The first kappa shape index (κ1) is 18.4. The van der Waals surface area contributed by atoms with Gasteiger partial charge >= 0.3 is 0 Å². The maximum absolute atomic E-state index is 12.2. The van der Waals surface area contributed by atoms with Gasteiger partial charge in [-0.25, -0.2) is 9.67 Å². The molecule has 0 bridgehead atoms. The van der Waals surface area contributed by atoms with Crippen molar-refractivity contribution in [3.05, 3.63) is 48.5 Å². The summed E-state index contributed by atoms with van der Waals surface area (Å²) < 4.78 is 15.1. The van der Waals surface area contributed by atoms with E-state index in [-0.39, 0.29) is 17.7 Å². The van der Waals surface area contributed by atoms with E-state index in [0.717, 1.165) is 16.7 Å². The van der Waals surface area contributed by atoms with Crippen molar-refractivity contribution in [1.82, 2.24) is 29.9 Å². The predicted molar refractivity (Wildman–Crippen MR) is 103 cm³/mol. The van der Waals surface area contributed by atoms with Crippen molar-refractivity contribution in [1.29, 1.82) is 0 Å². The number of para-hydroxylation sites is 2. The van der Waals surface area contributed by atoms with Crippen LogP contribution in [-0.4, -0.2) is 55.5 Å². The number of carbonyl (C=O) groups is 1. The van der Waals surface area contributed by atoms with Crippen LogP contribution in [0.5, 0.6) is 11.5 Å². The number of fused-ring (bicyclic) bond motifs is 1. The Labute approximate surface area is 166 Å². The highest BCUT2D eigenvalue weighted by Gasteiger charge is 2.22. The van der Waals surface area contributed by atoms with Crippen molar-refractivity contribution in [2.24, 2.45) is 7.05 Å². The Morgan fingerprint density at radius 2 is 2.21 bits per heavy atom. The molecular formula is C18H20N6O3S. The molecule has 1 aliphatic rings. The molecule has 1 atom stereocenters. The second-order valence-electron chi connectivity index (χ2n) is 6.25. The van der Waals surface area contributed by atoms with Crippen LogP contribution in [0.15, 0.2) is 48.0 Å². The van der Waals surface area contributed by atoms with Crippen LogP contribution in [0.1, 0.15) is 10.5 Å². The molecule has 1 aliphatic heterocycles. The van der Waals surface area contributed by atoms with Gasteiger partial charge in [0, 0.05) is 31.7 Å². The molecule has 9 nitrogen and oxygen atoms in total. The first-order valence-corrected chi connectivity index (χ1v) is 9.84. The number of aryl methyl sites for hydroxylation is 1. The average Bonchev–Trinajstić information content (AvgIpc) is 3.34. The van der Waals surface area contributed by atoms with Crippen molar-refractivity contribution in [2.75, 3.05) is 18.9 Å². The Hall–Kier alpha value is -3.01. The molecule has 0 fully saturated rings. The molecule has 2 aromatic heterocycles. The van der Waals surface area contributed by atoms with Crippen LogP contribution >= 0.6 is 11.8 Å². The zero-order valence-electron chi connectivity index (χ0n) is 15.3. The summed E-state index contributed by atoms with van der Waals surface area (Å²) in [4.78, 5) is 16.5. The topological polar surface area (TPSA) is 96.1 Å². The molecule has 10 heteroatoms. The largest absolute Gasteiger partial charge is 0.486 e. The molecule has 1 aromatic carbocycles. The fourth-order valence-corrected chi connectivity index (χ4v) is 3.53. The van der Waals surface area contributed by atoms with Gasteiger partial charge in [0.1, 0.15) is 6.61 Å². The Morgan fingerprint density at radius 3 is 3.04 bits per heavy atom. The SMILES string of the molecule is Cn1ccnc1SCCNC(=O)c1cn(C[C@H]2COc3ccccc3O2)nn1. The first-order chi connectivity index (χ1) is 13.7. The van der Waals surface area contributed by atoms with Crippen LogP contribution in [0.3, 0.4) is 0 Å².